The number of primary amides is 1. The Morgan fingerprint density at radius 1 is 0.847 bits per heavy atom. The molecule has 0 spiro atoms. The van der Waals surface area contributed by atoms with Crippen LogP contribution < -0.4 is 11.2 Å². The number of nitrogens with zero attached hydrogens (tertiary/aromatic N) is 2. The number of rotatable bonds is 13. The van der Waals surface area contributed by atoms with Gasteiger partial charge in [0.15, 0.2) is 29.3 Å². The fourth-order valence-electron chi connectivity index (χ4n) is 8.18. The van der Waals surface area contributed by atoms with Crippen molar-refractivity contribution in [3.8, 4) is 11.1 Å². The molecule has 0 radical (unpaired) electrons. The molecule has 1 amide bonds. The maximum atomic E-state index is 14.8. The van der Waals surface area contributed by atoms with Crippen molar-refractivity contribution in [3.05, 3.63) is 128 Å². The lowest BCUT2D eigenvalue weighted by Crippen LogP contribution is -2.57. The van der Waals surface area contributed by atoms with Crippen LogP contribution in [0.4, 0.5) is 22.0 Å². The van der Waals surface area contributed by atoms with E-state index in [1.807, 2.05) is 28.8 Å². The average molecular weight is 828 g/mol. The van der Waals surface area contributed by atoms with Gasteiger partial charge in [-0.05, 0) is 111 Å². The molecule has 6 rings (SSSR count). The molecule has 1 aromatic heterocycles. The smallest absolute Gasteiger partial charge is 0.416 e. The second-order valence-corrected chi connectivity index (χ2v) is 14.8. The van der Waals surface area contributed by atoms with Gasteiger partial charge in [0, 0.05) is 29.4 Å². The standard InChI is InChI=1S/C39H40F5N3O2.C4H6O6/c1-2-46-21-19-29(20-22-46)38(37(45)49,24-25-9-11-26(12-10-25)27-13-16-30(17-14-27)39(42,43)44)47-31(23-35(48)32-6-4-8-34(32)47)18-15-28-5-3-7-33(40)36(28)41;5-1(3(7)8)2(6)4(9)10/h3,5,7,9-14,16-17,23,29H,2,4,6,8,15,18-22,24H2,1H3,(H2,45,49);1-2,5-6H,(H,7,8)(H,9,10). The zero-order valence-electron chi connectivity index (χ0n) is 32.2. The highest BCUT2D eigenvalue weighted by Crippen LogP contribution is 2.42. The SMILES string of the molecule is CCN1CCC(C(Cc2ccc(-c3ccc(C(F)(F)F)cc3)cc2)(C(N)=O)n2c(CCc3cccc(F)c3F)cc(=O)c3c2CCC3)CC1.O=C(O)C(O)C(O)C(=O)O. The van der Waals surface area contributed by atoms with Gasteiger partial charge in [0.25, 0.3) is 0 Å². The van der Waals surface area contributed by atoms with Gasteiger partial charge in [-0.25, -0.2) is 18.4 Å². The third kappa shape index (κ3) is 9.89. The number of halogens is 5. The summed E-state index contributed by atoms with van der Waals surface area (Å²) in [5, 5.41) is 32.5. The number of likely N-dealkylation sites (tertiary alicyclic amines) is 1. The topological polar surface area (TPSA) is 183 Å². The molecule has 1 aliphatic carbocycles. The Hall–Kier alpha value is -5.45. The molecule has 6 N–H and O–H groups in total. The summed E-state index contributed by atoms with van der Waals surface area (Å²) in [6.45, 7) is 4.52. The van der Waals surface area contributed by atoms with Crippen LogP contribution in [-0.4, -0.2) is 79.6 Å². The number of carboxylic acids is 2. The summed E-state index contributed by atoms with van der Waals surface area (Å²) in [7, 11) is 0. The Morgan fingerprint density at radius 3 is 1.95 bits per heavy atom. The highest BCUT2D eigenvalue weighted by molar-refractivity contribution is 5.84. The van der Waals surface area contributed by atoms with Crippen LogP contribution in [0.5, 0.6) is 0 Å². The number of carboxylic acid groups (broad SMARTS) is 2. The van der Waals surface area contributed by atoms with E-state index in [0.717, 1.165) is 61.1 Å². The molecule has 3 aromatic carbocycles. The van der Waals surface area contributed by atoms with E-state index in [1.54, 1.807) is 6.07 Å². The van der Waals surface area contributed by atoms with E-state index in [1.165, 1.54) is 24.3 Å². The molecule has 16 heteroatoms. The minimum Gasteiger partial charge on any atom is -0.479 e. The number of amides is 1. The summed E-state index contributed by atoms with van der Waals surface area (Å²) in [6, 6.07) is 18.0. The van der Waals surface area contributed by atoms with Crippen LogP contribution in [0.3, 0.4) is 0 Å². The lowest BCUT2D eigenvalue weighted by molar-refractivity contribution is -0.165. The fourth-order valence-corrected chi connectivity index (χ4v) is 8.18. The van der Waals surface area contributed by atoms with Crippen LogP contribution in [0.25, 0.3) is 11.1 Å². The lowest BCUT2D eigenvalue weighted by atomic mass is 9.72. The first-order valence-corrected chi connectivity index (χ1v) is 19.2. The Bertz CT molecular complexity index is 2190. The van der Waals surface area contributed by atoms with Gasteiger partial charge in [0.1, 0.15) is 5.54 Å². The van der Waals surface area contributed by atoms with Gasteiger partial charge in [0.05, 0.1) is 5.56 Å². The lowest BCUT2D eigenvalue weighted by Gasteiger charge is -2.46. The predicted octanol–water partition coefficient (Wildman–Crippen LogP) is 5.12. The van der Waals surface area contributed by atoms with Crippen molar-refractivity contribution in [3.63, 3.8) is 0 Å². The van der Waals surface area contributed by atoms with Crippen LogP contribution >= 0.6 is 0 Å². The number of benzene rings is 3. The van der Waals surface area contributed by atoms with E-state index in [4.69, 9.17) is 26.2 Å². The minimum absolute atomic E-state index is 0.118. The molecule has 316 valence electrons. The van der Waals surface area contributed by atoms with Crippen LogP contribution in [0.2, 0.25) is 0 Å². The van der Waals surface area contributed by atoms with Crippen molar-refractivity contribution < 1.29 is 56.8 Å². The van der Waals surface area contributed by atoms with E-state index in [2.05, 4.69) is 11.8 Å². The number of piperidine rings is 1. The number of aryl methyl sites for hydroxylation is 2. The highest BCUT2D eigenvalue weighted by Gasteiger charge is 2.49. The number of carbonyl (C=O) groups is 3. The molecule has 1 fully saturated rings. The number of alkyl halides is 3. The molecule has 2 aliphatic rings. The molecular formula is C43H46F5N3O8. The van der Waals surface area contributed by atoms with Gasteiger partial charge < -0.3 is 35.6 Å². The molecule has 0 saturated carbocycles. The minimum atomic E-state index is -4.43. The first kappa shape index (κ1) is 44.6. The van der Waals surface area contributed by atoms with Crippen molar-refractivity contribution >= 4 is 17.8 Å². The highest BCUT2D eigenvalue weighted by atomic mass is 19.4. The van der Waals surface area contributed by atoms with E-state index in [0.29, 0.717) is 42.5 Å². The molecule has 3 atom stereocenters. The second-order valence-electron chi connectivity index (χ2n) is 14.8. The largest absolute Gasteiger partial charge is 0.479 e. The van der Waals surface area contributed by atoms with E-state index < -0.39 is 59.0 Å². The Morgan fingerprint density at radius 2 is 1.42 bits per heavy atom. The first-order chi connectivity index (χ1) is 27.9. The van der Waals surface area contributed by atoms with Gasteiger partial charge in [-0.3, -0.25) is 9.59 Å². The Kier molecular flexibility index (Phi) is 14.1. The molecule has 1 saturated heterocycles. The Labute approximate surface area is 336 Å². The zero-order valence-corrected chi connectivity index (χ0v) is 32.2. The fraction of sp³-hybridized carbons (Fsp3) is 0.395. The first-order valence-electron chi connectivity index (χ1n) is 19.2. The van der Waals surface area contributed by atoms with Crippen molar-refractivity contribution in [1.29, 1.82) is 0 Å². The average Bonchev–Trinajstić information content (AvgIpc) is 3.71. The summed E-state index contributed by atoms with van der Waals surface area (Å²) < 4.78 is 70.3. The molecule has 59 heavy (non-hydrogen) atoms. The van der Waals surface area contributed by atoms with Gasteiger partial charge in [-0.1, -0.05) is 55.5 Å². The number of carbonyl (C=O) groups excluding carboxylic acids is 1. The Balaban J connectivity index is 0.000000586. The third-order valence-corrected chi connectivity index (χ3v) is 11.3. The number of hydrogen-bond acceptors (Lipinski definition) is 7. The van der Waals surface area contributed by atoms with Crippen molar-refractivity contribution in [1.82, 2.24) is 9.47 Å². The predicted molar refractivity (Wildman–Crippen MR) is 206 cm³/mol. The number of aliphatic hydroxyl groups is 2. The monoisotopic (exact) mass is 827 g/mol. The summed E-state index contributed by atoms with van der Waals surface area (Å²) in [5.41, 5.74) is 8.73. The maximum absolute atomic E-state index is 14.8. The summed E-state index contributed by atoms with van der Waals surface area (Å²) in [5.74, 6) is -6.12. The molecule has 2 heterocycles. The summed E-state index contributed by atoms with van der Waals surface area (Å²) in [6.07, 6.45) is -5.12. The number of fused-ring (bicyclic) bond motifs is 1. The van der Waals surface area contributed by atoms with Crippen LogP contribution in [-0.2, 0) is 58.2 Å². The van der Waals surface area contributed by atoms with E-state index in [9.17, 15) is 41.1 Å². The van der Waals surface area contributed by atoms with Crippen LogP contribution in [0.15, 0.2) is 77.6 Å². The maximum Gasteiger partial charge on any atom is 0.416 e. The summed E-state index contributed by atoms with van der Waals surface area (Å²) >= 11 is 0. The van der Waals surface area contributed by atoms with Crippen LogP contribution in [0, 0.1) is 17.6 Å². The van der Waals surface area contributed by atoms with Crippen molar-refractivity contribution in [2.24, 2.45) is 11.7 Å². The number of hydrogen-bond donors (Lipinski definition) is 5. The number of aromatic nitrogens is 1. The second kappa shape index (κ2) is 18.6. The van der Waals surface area contributed by atoms with Gasteiger partial charge in [-0.15, -0.1) is 0 Å². The van der Waals surface area contributed by atoms with Crippen molar-refractivity contribution in [2.75, 3.05) is 19.6 Å². The number of aliphatic hydroxyl groups excluding tert-OH is 2. The number of pyridine rings is 1. The van der Waals surface area contributed by atoms with E-state index >= 15 is 0 Å². The van der Waals surface area contributed by atoms with Gasteiger partial charge >= 0.3 is 18.1 Å². The quantitative estimate of drug-likeness (QED) is 0.114. The molecule has 11 nitrogen and oxygen atoms in total. The van der Waals surface area contributed by atoms with Crippen LogP contribution in [0.1, 0.15) is 59.8 Å². The van der Waals surface area contributed by atoms with Crippen molar-refractivity contribution in [2.45, 2.75) is 82.2 Å². The molecular weight excluding hydrogens is 781 g/mol. The number of nitrogens with two attached hydrogens (primary N) is 1. The molecule has 3 unspecified atom stereocenters. The molecule has 0 bridgehead atoms. The zero-order chi connectivity index (χ0) is 43.2. The molecule has 4 aromatic rings. The normalized spacial score (nSPS) is 16.6. The molecule has 1 aliphatic heterocycles. The van der Waals surface area contributed by atoms with E-state index in [-0.39, 0.29) is 36.2 Å². The third-order valence-electron chi connectivity index (χ3n) is 11.3. The number of aliphatic carboxylic acids is 2. The van der Waals surface area contributed by atoms with Gasteiger partial charge in [-0.2, -0.15) is 13.2 Å². The van der Waals surface area contributed by atoms with Gasteiger partial charge in [0.2, 0.25) is 5.91 Å². The summed E-state index contributed by atoms with van der Waals surface area (Å²) in [4.78, 5) is 49.5.